The van der Waals surface area contributed by atoms with Gasteiger partial charge in [0.15, 0.2) is 0 Å². The van der Waals surface area contributed by atoms with Crippen LogP contribution in [0.15, 0.2) is 78.4 Å². The first-order chi connectivity index (χ1) is 9.24. The van der Waals surface area contributed by atoms with E-state index in [1.165, 1.54) is 22.3 Å². The standard InChI is InChI=1S/C19H20/c1-4-18(15(2)3)19(16-11-7-5-8-12-16)17-13-9-6-10-14-17/h5-14H,2,4H2,1,3H3. The maximum atomic E-state index is 4.14. The summed E-state index contributed by atoms with van der Waals surface area (Å²) < 4.78 is 0. The molecule has 2 aromatic rings. The quantitative estimate of drug-likeness (QED) is 0.629. The Hall–Kier alpha value is -2.08. The van der Waals surface area contributed by atoms with Crippen LogP contribution in [0.1, 0.15) is 31.4 Å². The molecule has 0 heteroatoms. The molecule has 0 N–H and O–H groups in total. The summed E-state index contributed by atoms with van der Waals surface area (Å²) in [5.74, 6) is 0. The maximum absolute atomic E-state index is 4.14. The van der Waals surface area contributed by atoms with Gasteiger partial charge in [0.1, 0.15) is 0 Å². The highest BCUT2D eigenvalue weighted by Crippen LogP contribution is 2.31. The SMILES string of the molecule is C=C(C)C(CC)=C(c1ccccc1)c1ccccc1. The van der Waals surface area contributed by atoms with Gasteiger partial charge in [-0.3, -0.25) is 0 Å². The van der Waals surface area contributed by atoms with E-state index in [-0.39, 0.29) is 0 Å². The topological polar surface area (TPSA) is 0 Å². The fraction of sp³-hybridized carbons (Fsp3) is 0.158. The number of benzene rings is 2. The van der Waals surface area contributed by atoms with Crippen molar-refractivity contribution in [3.63, 3.8) is 0 Å². The van der Waals surface area contributed by atoms with Crippen molar-refractivity contribution in [1.82, 2.24) is 0 Å². The Morgan fingerprint density at radius 3 is 1.58 bits per heavy atom. The van der Waals surface area contributed by atoms with Gasteiger partial charge in [-0.25, -0.2) is 0 Å². The van der Waals surface area contributed by atoms with E-state index in [9.17, 15) is 0 Å². The zero-order valence-corrected chi connectivity index (χ0v) is 11.7. The van der Waals surface area contributed by atoms with Crippen molar-refractivity contribution in [2.24, 2.45) is 0 Å². The van der Waals surface area contributed by atoms with Crippen LogP contribution in [0.25, 0.3) is 5.57 Å². The molecule has 0 spiro atoms. The van der Waals surface area contributed by atoms with E-state index >= 15 is 0 Å². The predicted molar refractivity (Wildman–Crippen MR) is 84.0 cm³/mol. The van der Waals surface area contributed by atoms with E-state index in [4.69, 9.17) is 0 Å². The molecule has 2 rings (SSSR count). The average molecular weight is 248 g/mol. The van der Waals surface area contributed by atoms with Gasteiger partial charge in [0.2, 0.25) is 0 Å². The summed E-state index contributed by atoms with van der Waals surface area (Å²) >= 11 is 0. The average Bonchev–Trinajstić information content (AvgIpc) is 2.46. The summed E-state index contributed by atoms with van der Waals surface area (Å²) in [6.45, 7) is 8.42. The van der Waals surface area contributed by atoms with E-state index in [1.807, 2.05) is 0 Å². The molecule has 0 atom stereocenters. The van der Waals surface area contributed by atoms with Gasteiger partial charge >= 0.3 is 0 Å². The van der Waals surface area contributed by atoms with Gasteiger partial charge in [-0.05, 0) is 35.6 Å². The Bertz CT molecular complexity index is 532. The van der Waals surface area contributed by atoms with Crippen LogP contribution in [0.3, 0.4) is 0 Å². The molecule has 0 heterocycles. The predicted octanol–water partition coefficient (Wildman–Crippen LogP) is 5.47. The van der Waals surface area contributed by atoms with Gasteiger partial charge in [0.05, 0.1) is 0 Å². The van der Waals surface area contributed by atoms with Gasteiger partial charge in [0.25, 0.3) is 0 Å². The zero-order valence-electron chi connectivity index (χ0n) is 11.7. The Morgan fingerprint density at radius 2 is 1.26 bits per heavy atom. The smallest absolute Gasteiger partial charge is 0.00770 e. The van der Waals surface area contributed by atoms with E-state index < -0.39 is 0 Å². The fourth-order valence-corrected chi connectivity index (χ4v) is 2.42. The van der Waals surface area contributed by atoms with Gasteiger partial charge in [-0.2, -0.15) is 0 Å². The first kappa shape index (κ1) is 13.4. The van der Waals surface area contributed by atoms with Gasteiger partial charge in [0, 0.05) is 0 Å². The van der Waals surface area contributed by atoms with Crippen molar-refractivity contribution in [3.05, 3.63) is 89.5 Å². The molecule has 0 saturated heterocycles. The molecule has 0 radical (unpaired) electrons. The summed E-state index contributed by atoms with van der Waals surface area (Å²) in [7, 11) is 0. The number of allylic oxidation sites excluding steroid dienone is 2. The summed E-state index contributed by atoms with van der Waals surface area (Å²) in [4.78, 5) is 0. The summed E-state index contributed by atoms with van der Waals surface area (Å²) in [5.41, 5.74) is 6.29. The highest BCUT2D eigenvalue weighted by Gasteiger charge is 2.10. The minimum atomic E-state index is 0.994. The molecule has 0 amide bonds. The van der Waals surface area contributed by atoms with E-state index in [2.05, 4.69) is 81.1 Å². The summed E-state index contributed by atoms with van der Waals surface area (Å²) in [5, 5.41) is 0. The van der Waals surface area contributed by atoms with Crippen LogP contribution in [-0.4, -0.2) is 0 Å². The Morgan fingerprint density at radius 1 is 0.842 bits per heavy atom. The second kappa shape index (κ2) is 6.19. The number of rotatable bonds is 4. The molecule has 19 heavy (non-hydrogen) atoms. The molecule has 0 nitrogen and oxygen atoms in total. The van der Waals surface area contributed by atoms with E-state index in [0.29, 0.717) is 0 Å². The monoisotopic (exact) mass is 248 g/mol. The first-order valence-corrected chi connectivity index (χ1v) is 6.74. The fourth-order valence-electron chi connectivity index (χ4n) is 2.42. The van der Waals surface area contributed by atoms with Gasteiger partial charge in [-0.1, -0.05) is 79.7 Å². The third-order valence-electron chi connectivity index (χ3n) is 3.30. The normalized spacial score (nSPS) is 10.0. The van der Waals surface area contributed by atoms with Crippen molar-refractivity contribution in [2.45, 2.75) is 20.3 Å². The lowest BCUT2D eigenvalue weighted by Crippen LogP contribution is -1.95. The minimum absolute atomic E-state index is 0.994. The lowest BCUT2D eigenvalue weighted by molar-refractivity contribution is 1.11. The lowest BCUT2D eigenvalue weighted by atomic mass is 9.89. The second-order valence-corrected chi connectivity index (χ2v) is 4.72. The molecule has 0 aliphatic rings. The Labute approximate surface area is 116 Å². The summed E-state index contributed by atoms with van der Waals surface area (Å²) in [6.07, 6.45) is 0.994. The van der Waals surface area contributed by atoms with E-state index in [1.54, 1.807) is 0 Å². The first-order valence-electron chi connectivity index (χ1n) is 6.74. The van der Waals surface area contributed by atoms with Crippen molar-refractivity contribution in [3.8, 4) is 0 Å². The van der Waals surface area contributed by atoms with Crippen LogP contribution < -0.4 is 0 Å². The Balaban J connectivity index is 2.68. The molecule has 0 unspecified atom stereocenters. The van der Waals surface area contributed by atoms with Crippen molar-refractivity contribution in [2.75, 3.05) is 0 Å². The lowest BCUT2D eigenvalue weighted by Gasteiger charge is -2.15. The highest BCUT2D eigenvalue weighted by atomic mass is 14.1. The highest BCUT2D eigenvalue weighted by molar-refractivity contribution is 5.84. The van der Waals surface area contributed by atoms with Crippen LogP contribution in [-0.2, 0) is 0 Å². The third kappa shape index (κ3) is 3.03. The molecule has 0 bridgehead atoms. The third-order valence-corrected chi connectivity index (χ3v) is 3.30. The molecule has 2 aromatic carbocycles. The zero-order chi connectivity index (χ0) is 13.7. The molecule has 0 aliphatic heterocycles. The largest absolute Gasteiger partial charge is 0.0958 e. The van der Waals surface area contributed by atoms with E-state index in [0.717, 1.165) is 12.0 Å². The minimum Gasteiger partial charge on any atom is -0.0958 e. The molecule has 0 fully saturated rings. The molecule has 0 aliphatic carbocycles. The number of hydrogen-bond donors (Lipinski definition) is 0. The molecular formula is C19H20. The molecular weight excluding hydrogens is 228 g/mol. The van der Waals surface area contributed by atoms with Crippen LogP contribution in [0.5, 0.6) is 0 Å². The van der Waals surface area contributed by atoms with Crippen molar-refractivity contribution >= 4 is 5.57 Å². The van der Waals surface area contributed by atoms with Crippen molar-refractivity contribution < 1.29 is 0 Å². The number of hydrogen-bond acceptors (Lipinski definition) is 0. The summed E-state index contributed by atoms with van der Waals surface area (Å²) in [6, 6.07) is 21.1. The van der Waals surface area contributed by atoms with Gasteiger partial charge in [-0.15, -0.1) is 0 Å². The van der Waals surface area contributed by atoms with Crippen LogP contribution in [0, 0.1) is 0 Å². The molecule has 96 valence electrons. The van der Waals surface area contributed by atoms with Crippen LogP contribution in [0.4, 0.5) is 0 Å². The van der Waals surface area contributed by atoms with Crippen LogP contribution in [0.2, 0.25) is 0 Å². The Kier molecular flexibility index (Phi) is 4.35. The van der Waals surface area contributed by atoms with Crippen molar-refractivity contribution in [1.29, 1.82) is 0 Å². The molecule has 0 aromatic heterocycles. The maximum Gasteiger partial charge on any atom is -0.00770 e. The van der Waals surface area contributed by atoms with Gasteiger partial charge < -0.3 is 0 Å². The second-order valence-electron chi connectivity index (χ2n) is 4.72. The molecule has 0 saturated carbocycles. The van der Waals surface area contributed by atoms with Crippen LogP contribution >= 0.6 is 0 Å².